The van der Waals surface area contributed by atoms with Gasteiger partial charge < -0.3 is 4.90 Å². The van der Waals surface area contributed by atoms with Crippen LogP contribution >= 0.6 is 11.6 Å². The van der Waals surface area contributed by atoms with Gasteiger partial charge in [-0.3, -0.25) is 4.79 Å². The van der Waals surface area contributed by atoms with E-state index in [-0.39, 0.29) is 11.3 Å². The molecule has 2 rings (SSSR count). The summed E-state index contributed by atoms with van der Waals surface area (Å²) in [5.74, 6) is -0.0749. The Kier molecular flexibility index (Phi) is 2.55. The molecule has 0 N–H and O–H groups in total. The number of nitrogens with zero attached hydrogens (tertiary/aromatic N) is 1. The van der Waals surface area contributed by atoms with E-state index in [1.165, 1.54) is 6.08 Å². The number of carbonyl (C=O) groups is 1. The van der Waals surface area contributed by atoms with Gasteiger partial charge in [0.25, 0.3) is 0 Å². The SMILES string of the molecule is C=CC(=O)N1CC(C)(C)c2c(Cl)cccc21. The lowest BCUT2D eigenvalue weighted by Crippen LogP contribution is -2.32. The molecule has 3 heteroatoms. The maximum absolute atomic E-state index is 11.7. The Morgan fingerprint density at radius 2 is 2.25 bits per heavy atom. The monoisotopic (exact) mass is 235 g/mol. The number of carbonyl (C=O) groups excluding carboxylic acids is 1. The number of halogens is 1. The minimum Gasteiger partial charge on any atom is -0.308 e. The molecule has 0 radical (unpaired) electrons. The van der Waals surface area contributed by atoms with E-state index in [0.717, 1.165) is 16.3 Å². The summed E-state index contributed by atoms with van der Waals surface area (Å²) >= 11 is 6.20. The maximum Gasteiger partial charge on any atom is 0.250 e. The second kappa shape index (κ2) is 3.63. The summed E-state index contributed by atoms with van der Waals surface area (Å²) < 4.78 is 0. The molecule has 0 aliphatic carbocycles. The van der Waals surface area contributed by atoms with Crippen LogP contribution in [0.15, 0.2) is 30.9 Å². The van der Waals surface area contributed by atoms with Crippen molar-refractivity contribution in [2.45, 2.75) is 19.3 Å². The van der Waals surface area contributed by atoms with Gasteiger partial charge >= 0.3 is 0 Å². The Hall–Kier alpha value is -1.28. The average Bonchev–Trinajstić information content (AvgIpc) is 2.51. The highest BCUT2D eigenvalue weighted by Gasteiger charge is 2.38. The van der Waals surface area contributed by atoms with Crippen molar-refractivity contribution >= 4 is 23.2 Å². The van der Waals surface area contributed by atoms with Crippen molar-refractivity contribution in [1.29, 1.82) is 0 Å². The Labute approximate surface area is 101 Å². The number of hydrogen-bond donors (Lipinski definition) is 0. The van der Waals surface area contributed by atoms with Gasteiger partial charge in [0.15, 0.2) is 0 Å². The standard InChI is InChI=1S/C13H14ClNO/c1-4-11(16)15-8-13(2,3)12-9(14)6-5-7-10(12)15/h4-7H,1,8H2,2-3H3. The van der Waals surface area contributed by atoms with E-state index < -0.39 is 0 Å². The van der Waals surface area contributed by atoms with E-state index in [0.29, 0.717) is 6.54 Å². The predicted octanol–water partition coefficient (Wildman–Crippen LogP) is 3.15. The molecule has 1 heterocycles. The fourth-order valence-corrected chi connectivity index (χ4v) is 2.70. The summed E-state index contributed by atoms with van der Waals surface area (Å²) in [5, 5.41) is 0.724. The molecule has 1 aliphatic heterocycles. The molecule has 16 heavy (non-hydrogen) atoms. The minimum absolute atomic E-state index is 0.0749. The van der Waals surface area contributed by atoms with Crippen LogP contribution in [0, 0.1) is 0 Å². The molecule has 0 saturated carbocycles. The van der Waals surface area contributed by atoms with Crippen LogP contribution < -0.4 is 4.90 Å². The summed E-state index contributed by atoms with van der Waals surface area (Å²) in [6.07, 6.45) is 1.34. The largest absolute Gasteiger partial charge is 0.308 e. The van der Waals surface area contributed by atoms with Crippen molar-refractivity contribution in [2.75, 3.05) is 11.4 Å². The summed E-state index contributed by atoms with van der Waals surface area (Å²) in [4.78, 5) is 13.5. The normalized spacial score (nSPS) is 17.1. The maximum atomic E-state index is 11.7. The zero-order valence-electron chi connectivity index (χ0n) is 9.46. The van der Waals surface area contributed by atoms with Gasteiger partial charge in [0.05, 0.1) is 0 Å². The molecule has 84 valence electrons. The van der Waals surface area contributed by atoms with Crippen LogP contribution in [0.2, 0.25) is 5.02 Å². The van der Waals surface area contributed by atoms with Crippen LogP contribution in [0.4, 0.5) is 5.69 Å². The molecule has 0 fully saturated rings. The Morgan fingerprint density at radius 1 is 1.56 bits per heavy atom. The van der Waals surface area contributed by atoms with Crippen molar-refractivity contribution in [3.8, 4) is 0 Å². The van der Waals surface area contributed by atoms with Gasteiger partial charge in [-0.15, -0.1) is 0 Å². The van der Waals surface area contributed by atoms with E-state index >= 15 is 0 Å². The van der Waals surface area contributed by atoms with Crippen molar-refractivity contribution < 1.29 is 4.79 Å². The topological polar surface area (TPSA) is 20.3 Å². The number of fused-ring (bicyclic) bond motifs is 1. The van der Waals surface area contributed by atoms with Crippen LogP contribution in [0.25, 0.3) is 0 Å². The first-order chi connectivity index (χ1) is 7.47. The summed E-state index contributed by atoms with van der Waals surface area (Å²) in [6.45, 7) is 8.36. The van der Waals surface area contributed by atoms with E-state index in [1.807, 2.05) is 18.2 Å². The quantitative estimate of drug-likeness (QED) is 0.685. The first-order valence-electron chi connectivity index (χ1n) is 5.20. The first-order valence-corrected chi connectivity index (χ1v) is 5.58. The van der Waals surface area contributed by atoms with Crippen LogP contribution in [0.3, 0.4) is 0 Å². The number of benzene rings is 1. The first kappa shape index (κ1) is 11.2. The van der Waals surface area contributed by atoms with E-state index in [9.17, 15) is 4.79 Å². The van der Waals surface area contributed by atoms with Crippen LogP contribution in [0.5, 0.6) is 0 Å². The molecule has 0 bridgehead atoms. The molecule has 1 aromatic rings. The molecular weight excluding hydrogens is 222 g/mol. The van der Waals surface area contributed by atoms with E-state index in [4.69, 9.17) is 11.6 Å². The molecule has 0 saturated heterocycles. The van der Waals surface area contributed by atoms with Gasteiger partial charge in [-0.2, -0.15) is 0 Å². The van der Waals surface area contributed by atoms with Gasteiger partial charge in [0.2, 0.25) is 5.91 Å². The smallest absolute Gasteiger partial charge is 0.250 e. The van der Waals surface area contributed by atoms with Gasteiger partial charge in [0, 0.05) is 28.2 Å². The highest BCUT2D eigenvalue weighted by Crippen LogP contribution is 2.44. The second-order valence-corrected chi connectivity index (χ2v) is 5.05. The molecule has 2 nitrogen and oxygen atoms in total. The van der Waals surface area contributed by atoms with Gasteiger partial charge in [-0.25, -0.2) is 0 Å². The minimum atomic E-state index is -0.105. The third-order valence-corrected chi connectivity index (χ3v) is 3.27. The lowest BCUT2D eigenvalue weighted by Gasteiger charge is -2.19. The lowest BCUT2D eigenvalue weighted by molar-refractivity contribution is -0.114. The van der Waals surface area contributed by atoms with Gasteiger partial charge in [-0.1, -0.05) is 38.1 Å². The Balaban J connectivity index is 2.59. The molecule has 0 aromatic heterocycles. The van der Waals surface area contributed by atoms with Crippen molar-refractivity contribution in [3.63, 3.8) is 0 Å². The molecule has 1 aliphatic rings. The molecular formula is C13H14ClNO. The number of hydrogen-bond acceptors (Lipinski definition) is 1. The van der Waals surface area contributed by atoms with Gasteiger partial charge in [0.1, 0.15) is 0 Å². The molecule has 1 aromatic carbocycles. The third-order valence-electron chi connectivity index (χ3n) is 2.95. The summed E-state index contributed by atoms with van der Waals surface area (Å²) in [5.41, 5.74) is 1.85. The number of amides is 1. The highest BCUT2D eigenvalue weighted by atomic mass is 35.5. The summed E-state index contributed by atoms with van der Waals surface area (Å²) in [7, 11) is 0. The van der Waals surface area contributed by atoms with E-state index in [2.05, 4.69) is 20.4 Å². The molecule has 0 unspecified atom stereocenters. The Bertz CT molecular complexity index is 465. The number of anilines is 1. The highest BCUT2D eigenvalue weighted by molar-refractivity contribution is 6.32. The van der Waals surface area contributed by atoms with Crippen LogP contribution in [0.1, 0.15) is 19.4 Å². The van der Waals surface area contributed by atoms with Crippen LogP contribution in [-0.4, -0.2) is 12.5 Å². The number of rotatable bonds is 1. The Morgan fingerprint density at radius 3 is 2.88 bits per heavy atom. The predicted molar refractivity (Wildman–Crippen MR) is 67.0 cm³/mol. The molecule has 1 amide bonds. The fourth-order valence-electron chi connectivity index (χ4n) is 2.27. The molecule has 0 atom stereocenters. The molecule has 0 spiro atoms. The fraction of sp³-hybridized carbons (Fsp3) is 0.308. The van der Waals surface area contributed by atoms with Crippen molar-refractivity contribution in [2.24, 2.45) is 0 Å². The zero-order chi connectivity index (χ0) is 11.9. The van der Waals surface area contributed by atoms with E-state index in [1.54, 1.807) is 4.90 Å². The second-order valence-electron chi connectivity index (χ2n) is 4.65. The lowest BCUT2D eigenvalue weighted by atomic mass is 9.87. The zero-order valence-corrected chi connectivity index (χ0v) is 10.2. The van der Waals surface area contributed by atoms with Crippen molar-refractivity contribution in [1.82, 2.24) is 0 Å². The third kappa shape index (κ3) is 1.54. The van der Waals surface area contributed by atoms with Gasteiger partial charge in [-0.05, 0) is 18.2 Å². The summed E-state index contributed by atoms with van der Waals surface area (Å²) in [6, 6.07) is 5.66. The van der Waals surface area contributed by atoms with Crippen molar-refractivity contribution in [3.05, 3.63) is 41.4 Å². The average molecular weight is 236 g/mol. The van der Waals surface area contributed by atoms with Crippen LogP contribution in [-0.2, 0) is 10.2 Å².